The maximum absolute atomic E-state index is 14.1. The van der Waals surface area contributed by atoms with Crippen LogP contribution in [0.15, 0.2) is 137 Å². The van der Waals surface area contributed by atoms with E-state index in [2.05, 4.69) is 9.47 Å². The van der Waals surface area contributed by atoms with Crippen molar-refractivity contribution in [2.75, 3.05) is 18.1 Å². The third-order valence-corrected chi connectivity index (χ3v) is 14.6. The topological polar surface area (TPSA) is 138 Å². The van der Waals surface area contributed by atoms with Crippen molar-refractivity contribution in [1.29, 1.82) is 0 Å². The highest BCUT2D eigenvalue weighted by atomic mass is 32.2. The van der Waals surface area contributed by atoms with E-state index in [1.54, 1.807) is 15.9 Å². The van der Waals surface area contributed by atoms with Gasteiger partial charge >= 0.3 is 0 Å². The van der Waals surface area contributed by atoms with Crippen LogP contribution in [0.3, 0.4) is 0 Å². The van der Waals surface area contributed by atoms with Crippen LogP contribution in [0.1, 0.15) is 35.9 Å². The Bertz CT molecular complexity index is 2910. The van der Waals surface area contributed by atoms with Gasteiger partial charge in [-0.3, -0.25) is 18.5 Å². The van der Waals surface area contributed by atoms with Gasteiger partial charge < -0.3 is 4.90 Å². The third kappa shape index (κ3) is 10.3. The average molecular weight is 885 g/mol. The summed E-state index contributed by atoms with van der Waals surface area (Å²) < 4.78 is 71.3. The highest BCUT2D eigenvalue weighted by Gasteiger charge is 2.31. The third-order valence-electron chi connectivity index (χ3n) is 9.53. The first-order chi connectivity index (χ1) is 28.4. The SMILES string of the molecule is CCn1c(=Cc2sc(-c3ccccc3)c(-c3ccccc3)[n+]2CCCS(=O)(=O)O)sc(=CC=C2SC(c3ccccc3)=C(c3ccccc3)N2CCCS(=O)(=O)O)c1=O. The second kappa shape index (κ2) is 18.6. The van der Waals surface area contributed by atoms with Crippen molar-refractivity contribution in [2.45, 2.75) is 32.9 Å². The number of hydrogen-bond acceptors (Lipinski definition) is 9. The van der Waals surface area contributed by atoms with Gasteiger partial charge in [-0.25, -0.2) is 0 Å². The molecule has 2 aromatic heterocycles. The Labute approximate surface area is 356 Å². The van der Waals surface area contributed by atoms with Gasteiger partial charge in [0.25, 0.3) is 30.8 Å². The molecule has 0 aliphatic carbocycles. The van der Waals surface area contributed by atoms with Crippen LogP contribution in [0.25, 0.3) is 44.5 Å². The molecule has 0 amide bonds. The zero-order chi connectivity index (χ0) is 41.6. The molecule has 1 aliphatic heterocycles. The minimum absolute atomic E-state index is 0.165. The first-order valence-electron chi connectivity index (χ1n) is 18.9. The first-order valence-corrected chi connectivity index (χ1v) is 24.6. The van der Waals surface area contributed by atoms with Gasteiger partial charge in [0.1, 0.15) is 9.54 Å². The van der Waals surface area contributed by atoms with E-state index in [1.807, 2.05) is 146 Å². The molecule has 4 aromatic carbocycles. The minimum Gasteiger partial charge on any atom is -0.334 e. The zero-order valence-electron chi connectivity index (χ0n) is 32.0. The van der Waals surface area contributed by atoms with Gasteiger partial charge in [0.05, 0.1) is 32.8 Å². The first kappa shape index (κ1) is 42.3. The minimum atomic E-state index is -4.19. The van der Waals surface area contributed by atoms with E-state index in [-0.39, 0.29) is 18.4 Å². The molecule has 3 heterocycles. The number of rotatable bonds is 15. The maximum Gasteiger partial charge on any atom is 0.269 e. The van der Waals surface area contributed by atoms with Crippen molar-refractivity contribution < 1.29 is 30.5 Å². The van der Waals surface area contributed by atoms with Gasteiger partial charge in [0.2, 0.25) is 5.69 Å². The molecule has 304 valence electrons. The summed E-state index contributed by atoms with van der Waals surface area (Å²) in [5, 5.41) is 1.61. The van der Waals surface area contributed by atoms with E-state index in [0.717, 1.165) is 53.5 Å². The maximum atomic E-state index is 14.1. The predicted molar refractivity (Wildman–Crippen MR) is 241 cm³/mol. The molecule has 59 heavy (non-hydrogen) atoms. The summed E-state index contributed by atoms with van der Waals surface area (Å²) in [6.07, 6.45) is 6.04. The molecular weight excluding hydrogens is 843 g/mol. The molecule has 15 heteroatoms. The van der Waals surface area contributed by atoms with E-state index in [9.17, 15) is 30.7 Å². The van der Waals surface area contributed by atoms with Crippen molar-refractivity contribution in [2.24, 2.45) is 0 Å². The largest absolute Gasteiger partial charge is 0.334 e. The van der Waals surface area contributed by atoms with Gasteiger partial charge in [0, 0.05) is 30.0 Å². The summed E-state index contributed by atoms with van der Waals surface area (Å²) in [7, 11) is -8.37. The Morgan fingerprint density at radius 1 is 0.678 bits per heavy atom. The quantitative estimate of drug-likeness (QED) is 0.0811. The fraction of sp³-hybridized carbons (Fsp3) is 0.182. The Hall–Kier alpha value is -4.87. The normalized spacial score (nSPS) is 14.9. The monoisotopic (exact) mass is 884 g/mol. The van der Waals surface area contributed by atoms with E-state index >= 15 is 0 Å². The van der Waals surface area contributed by atoms with Crippen molar-refractivity contribution in [1.82, 2.24) is 9.47 Å². The molecule has 7 rings (SSSR count). The van der Waals surface area contributed by atoms with Crippen molar-refractivity contribution in [3.8, 4) is 21.7 Å². The molecule has 0 spiro atoms. The summed E-state index contributed by atoms with van der Waals surface area (Å²) >= 11 is 4.43. The second-order valence-corrected chi connectivity index (χ2v) is 19.9. The smallest absolute Gasteiger partial charge is 0.269 e. The van der Waals surface area contributed by atoms with E-state index < -0.39 is 31.7 Å². The summed E-state index contributed by atoms with van der Waals surface area (Å²) in [6, 6.07) is 39.7. The lowest BCUT2D eigenvalue weighted by Gasteiger charge is -2.23. The molecular formula is C44H42N3O7S5+. The Kier molecular flexibility index (Phi) is 13.3. The van der Waals surface area contributed by atoms with Crippen molar-refractivity contribution >= 4 is 77.4 Å². The Morgan fingerprint density at radius 3 is 1.80 bits per heavy atom. The van der Waals surface area contributed by atoms with Crippen molar-refractivity contribution in [3.63, 3.8) is 0 Å². The van der Waals surface area contributed by atoms with Gasteiger partial charge in [-0.15, -0.1) is 11.3 Å². The molecule has 0 atom stereocenters. The Morgan fingerprint density at radius 2 is 1.22 bits per heavy atom. The Balaban J connectivity index is 1.37. The number of nitrogens with zero attached hydrogens (tertiary/aromatic N) is 3. The summed E-state index contributed by atoms with van der Waals surface area (Å²) in [5.74, 6) is -0.788. The predicted octanol–water partition coefficient (Wildman–Crippen LogP) is 7.19. The van der Waals surface area contributed by atoms with E-state index in [4.69, 9.17) is 0 Å². The standard InChI is InChI=1S/C44H41N3O7S5/c1-2-45-38(31-39-47(28-16-30-59(52,53)54)41(33-19-9-4-10-20-33)43(57-39)35-23-13-6-14-24-35)55-36(44(45)48)25-26-37-46(27-15-29-58(49,50)51)40(32-17-7-3-8-18-32)42(56-37)34-21-11-5-12-22-34/h3-14,17-26,31H,2,15-16,27-30H2,1H3,(H-,49,50,51,52,53,54)/p+1. The van der Waals surface area contributed by atoms with E-state index in [0.29, 0.717) is 28.8 Å². The fourth-order valence-electron chi connectivity index (χ4n) is 6.91. The fourth-order valence-corrected chi connectivity index (χ4v) is 11.5. The number of hydrogen-bond donors (Lipinski definition) is 2. The van der Waals surface area contributed by atoms with E-state index in [1.165, 1.54) is 23.1 Å². The lowest BCUT2D eigenvalue weighted by Crippen LogP contribution is -2.38. The van der Waals surface area contributed by atoms with Crippen LogP contribution < -0.4 is 19.3 Å². The molecule has 0 saturated carbocycles. The van der Waals surface area contributed by atoms with Gasteiger partial charge in [-0.1, -0.05) is 132 Å². The molecule has 2 N–H and O–H groups in total. The number of benzene rings is 4. The molecule has 0 fully saturated rings. The molecule has 0 unspecified atom stereocenters. The van der Waals surface area contributed by atoms with Crippen molar-refractivity contribution in [3.05, 3.63) is 168 Å². The van der Waals surface area contributed by atoms with Gasteiger partial charge in [0.15, 0.2) is 6.54 Å². The summed E-state index contributed by atoms with van der Waals surface area (Å²) in [4.78, 5) is 18.1. The summed E-state index contributed by atoms with van der Waals surface area (Å²) in [5.41, 5.74) is 5.53. The molecule has 10 nitrogen and oxygen atoms in total. The number of aromatic nitrogens is 2. The molecule has 0 radical (unpaired) electrons. The number of thioether (sulfide) groups is 1. The van der Waals surface area contributed by atoms with Crippen LogP contribution in [0.5, 0.6) is 0 Å². The molecule has 0 saturated heterocycles. The van der Waals surface area contributed by atoms with Gasteiger partial charge in [-0.05, 0) is 54.3 Å². The molecule has 0 bridgehead atoms. The average Bonchev–Trinajstić information content (AvgIpc) is 3.87. The molecule has 1 aliphatic rings. The van der Waals surface area contributed by atoms with Crippen LogP contribution in [0.2, 0.25) is 0 Å². The van der Waals surface area contributed by atoms with Crippen LogP contribution in [0.4, 0.5) is 0 Å². The highest BCUT2D eigenvalue weighted by molar-refractivity contribution is 8.12. The number of thiazole rings is 2. The highest BCUT2D eigenvalue weighted by Crippen LogP contribution is 2.50. The lowest BCUT2D eigenvalue weighted by atomic mass is 10.1. The van der Waals surface area contributed by atoms with Crippen LogP contribution in [0, 0.1) is 0 Å². The zero-order valence-corrected chi connectivity index (χ0v) is 36.1. The van der Waals surface area contributed by atoms with Crippen LogP contribution in [-0.2, 0) is 33.3 Å². The number of allylic oxidation sites excluding steroid dienone is 1. The van der Waals surface area contributed by atoms with Gasteiger partial charge in [-0.2, -0.15) is 21.4 Å². The molecule has 6 aromatic rings. The lowest BCUT2D eigenvalue weighted by molar-refractivity contribution is -0.682. The second-order valence-electron chi connectivity index (χ2n) is 13.6. The summed E-state index contributed by atoms with van der Waals surface area (Å²) in [6.45, 7) is 2.93. The van der Waals surface area contributed by atoms with Crippen LogP contribution in [-0.4, -0.2) is 53.5 Å². The van der Waals surface area contributed by atoms with Crippen LogP contribution >= 0.6 is 34.4 Å².